The standard InChI is InChI=1S/C11H17N3O/c1-9-7-11(15,3-6-14(9)2)10-8-12-4-5-13-10/h4-5,8-9,15H,3,6-7H2,1-2H3. The fourth-order valence-corrected chi connectivity index (χ4v) is 2.10. The third-order valence-corrected chi connectivity index (χ3v) is 3.30. The number of aliphatic hydroxyl groups is 1. The maximum Gasteiger partial charge on any atom is 0.111 e. The van der Waals surface area contributed by atoms with E-state index in [1.165, 1.54) is 0 Å². The van der Waals surface area contributed by atoms with Gasteiger partial charge in [0.05, 0.1) is 11.9 Å². The molecule has 1 aromatic heterocycles. The van der Waals surface area contributed by atoms with Gasteiger partial charge in [0.2, 0.25) is 0 Å². The second-order valence-electron chi connectivity index (χ2n) is 4.41. The molecule has 4 nitrogen and oxygen atoms in total. The van der Waals surface area contributed by atoms with Crippen molar-refractivity contribution in [2.45, 2.75) is 31.4 Å². The molecule has 1 N–H and O–H groups in total. The minimum absolute atomic E-state index is 0.380. The summed E-state index contributed by atoms with van der Waals surface area (Å²) in [6.07, 6.45) is 6.38. The average Bonchev–Trinajstić information content (AvgIpc) is 2.26. The van der Waals surface area contributed by atoms with E-state index in [1.807, 2.05) is 0 Å². The van der Waals surface area contributed by atoms with Crippen molar-refractivity contribution in [1.82, 2.24) is 14.9 Å². The Morgan fingerprint density at radius 2 is 2.33 bits per heavy atom. The van der Waals surface area contributed by atoms with Crippen LogP contribution in [0.2, 0.25) is 0 Å². The fourth-order valence-electron chi connectivity index (χ4n) is 2.10. The van der Waals surface area contributed by atoms with Crippen molar-refractivity contribution >= 4 is 0 Å². The molecule has 1 aliphatic rings. The zero-order valence-corrected chi connectivity index (χ0v) is 9.22. The highest BCUT2D eigenvalue weighted by atomic mass is 16.3. The van der Waals surface area contributed by atoms with Gasteiger partial charge in [0.1, 0.15) is 5.60 Å². The average molecular weight is 207 g/mol. The van der Waals surface area contributed by atoms with E-state index in [0.717, 1.165) is 19.4 Å². The number of nitrogens with zero attached hydrogens (tertiary/aromatic N) is 3. The normalized spacial score (nSPS) is 32.9. The zero-order chi connectivity index (χ0) is 10.9. The van der Waals surface area contributed by atoms with Gasteiger partial charge in [-0.3, -0.25) is 9.97 Å². The molecule has 1 fully saturated rings. The van der Waals surface area contributed by atoms with Crippen molar-refractivity contribution in [3.05, 3.63) is 24.3 Å². The van der Waals surface area contributed by atoms with Gasteiger partial charge in [0.15, 0.2) is 0 Å². The Bertz CT molecular complexity index is 330. The minimum atomic E-state index is -0.791. The lowest BCUT2D eigenvalue weighted by Gasteiger charge is -2.40. The summed E-state index contributed by atoms with van der Waals surface area (Å²) in [6, 6.07) is 0.380. The van der Waals surface area contributed by atoms with Gasteiger partial charge in [0, 0.05) is 25.0 Å². The minimum Gasteiger partial charge on any atom is -0.383 e. The molecule has 0 saturated carbocycles. The molecular formula is C11H17N3O. The predicted octanol–water partition coefficient (Wildman–Crippen LogP) is 0.778. The van der Waals surface area contributed by atoms with Gasteiger partial charge in [-0.05, 0) is 26.8 Å². The van der Waals surface area contributed by atoms with Crippen molar-refractivity contribution in [3.63, 3.8) is 0 Å². The summed E-state index contributed by atoms with van der Waals surface area (Å²) >= 11 is 0. The molecule has 1 saturated heterocycles. The summed E-state index contributed by atoms with van der Waals surface area (Å²) in [5.74, 6) is 0. The number of piperidine rings is 1. The first-order valence-corrected chi connectivity index (χ1v) is 5.31. The second kappa shape index (κ2) is 3.87. The predicted molar refractivity (Wildman–Crippen MR) is 57.3 cm³/mol. The highest BCUT2D eigenvalue weighted by Crippen LogP contribution is 2.33. The van der Waals surface area contributed by atoms with Crippen molar-refractivity contribution in [3.8, 4) is 0 Å². The monoisotopic (exact) mass is 207 g/mol. The zero-order valence-electron chi connectivity index (χ0n) is 9.22. The largest absolute Gasteiger partial charge is 0.383 e. The topological polar surface area (TPSA) is 49.3 Å². The van der Waals surface area contributed by atoms with Crippen molar-refractivity contribution in [1.29, 1.82) is 0 Å². The lowest BCUT2D eigenvalue weighted by Crippen LogP contribution is -2.46. The smallest absolute Gasteiger partial charge is 0.111 e. The number of rotatable bonds is 1. The van der Waals surface area contributed by atoms with E-state index in [2.05, 4.69) is 28.8 Å². The number of hydrogen-bond donors (Lipinski definition) is 1. The Balaban J connectivity index is 2.21. The van der Waals surface area contributed by atoms with Gasteiger partial charge in [-0.15, -0.1) is 0 Å². The molecular weight excluding hydrogens is 190 g/mol. The Kier molecular flexibility index (Phi) is 2.71. The molecule has 0 spiro atoms. The van der Waals surface area contributed by atoms with E-state index in [0.29, 0.717) is 11.7 Å². The summed E-state index contributed by atoms with van der Waals surface area (Å²) in [7, 11) is 2.08. The van der Waals surface area contributed by atoms with E-state index >= 15 is 0 Å². The summed E-state index contributed by atoms with van der Waals surface area (Å²) in [5.41, 5.74) is -0.0925. The van der Waals surface area contributed by atoms with Gasteiger partial charge in [-0.1, -0.05) is 0 Å². The van der Waals surface area contributed by atoms with Gasteiger partial charge in [-0.2, -0.15) is 0 Å². The number of hydrogen-bond acceptors (Lipinski definition) is 4. The summed E-state index contributed by atoms with van der Waals surface area (Å²) in [6.45, 7) is 3.02. The summed E-state index contributed by atoms with van der Waals surface area (Å²) < 4.78 is 0. The summed E-state index contributed by atoms with van der Waals surface area (Å²) in [4.78, 5) is 10.5. The Hall–Kier alpha value is -1.00. The molecule has 15 heavy (non-hydrogen) atoms. The van der Waals surface area contributed by atoms with Crippen molar-refractivity contribution in [2.24, 2.45) is 0 Å². The van der Waals surface area contributed by atoms with Gasteiger partial charge < -0.3 is 10.0 Å². The van der Waals surface area contributed by atoms with Crippen LogP contribution in [0.25, 0.3) is 0 Å². The quantitative estimate of drug-likeness (QED) is 0.739. The maximum absolute atomic E-state index is 10.5. The van der Waals surface area contributed by atoms with Crippen LogP contribution in [-0.4, -0.2) is 39.6 Å². The Morgan fingerprint density at radius 1 is 1.53 bits per heavy atom. The van der Waals surface area contributed by atoms with Gasteiger partial charge in [-0.25, -0.2) is 0 Å². The maximum atomic E-state index is 10.5. The van der Waals surface area contributed by atoms with Crippen LogP contribution in [0.3, 0.4) is 0 Å². The molecule has 0 radical (unpaired) electrons. The van der Waals surface area contributed by atoms with Crippen LogP contribution in [0, 0.1) is 0 Å². The molecule has 0 aromatic carbocycles. The summed E-state index contributed by atoms with van der Waals surface area (Å²) in [5, 5.41) is 10.5. The molecule has 2 rings (SSSR count). The molecule has 4 heteroatoms. The van der Waals surface area contributed by atoms with Gasteiger partial charge in [0.25, 0.3) is 0 Å². The van der Waals surface area contributed by atoms with E-state index < -0.39 is 5.60 Å². The van der Waals surface area contributed by atoms with Crippen LogP contribution < -0.4 is 0 Å². The van der Waals surface area contributed by atoms with E-state index in [9.17, 15) is 5.11 Å². The molecule has 0 aliphatic carbocycles. The van der Waals surface area contributed by atoms with Crippen LogP contribution in [-0.2, 0) is 5.60 Å². The third-order valence-electron chi connectivity index (χ3n) is 3.30. The van der Waals surface area contributed by atoms with Gasteiger partial charge >= 0.3 is 0 Å². The van der Waals surface area contributed by atoms with Crippen LogP contribution in [0.15, 0.2) is 18.6 Å². The highest BCUT2D eigenvalue weighted by molar-refractivity contribution is 5.10. The molecule has 2 unspecified atom stereocenters. The first-order chi connectivity index (χ1) is 7.12. The highest BCUT2D eigenvalue weighted by Gasteiger charge is 2.37. The van der Waals surface area contributed by atoms with E-state index in [1.54, 1.807) is 18.6 Å². The number of likely N-dealkylation sites (tertiary alicyclic amines) is 1. The molecule has 0 bridgehead atoms. The SMILES string of the molecule is CC1CC(O)(c2cnccn2)CCN1C. The molecule has 82 valence electrons. The number of aromatic nitrogens is 2. The first kappa shape index (κ1) is 10.5. The van der Waals surface area contributed by atoms with Crippen LogP contribution in [0.1, 0.15) is 25.5 Å². The Labute approximate surface area is 90.0 Å². The van der Waals surface area contributed by atoms with Crippen LogP contribution in [0.4, 0.5) is 0 Å². The third kappa shape index (κ3) is 2.01. The lowest BCUT2D eigenvalue weighted by molar-refractivity contribution is -0.0443. The fraction of sp³-hybridized carbons (Fsp3) is 0.636. The van der Waals surface area contributed by atoms with E-state index in [4.69, 9.17) is 0 Å². The molecule has 2 heterocycles. The Morgan fingerprint density at radius 3 is 2.93 bits per heavy atom. The van der Waals surface area contributed by atoms with Crippen LogP contribution >= 0.6 is 0 Å². The molecule has 0 amide bonds. The molecule has 1 aliphatic heterocycles. The van der Waals surface area contributed by atoms with Crippen molar-refractivity contribution in [2.75, 3.05) is 13.6 Å². The second-order valence-corrected chi connectivity index (χ2v) is 4.41. The van der Waals surface area contributed by atoms with Crippen LogP contribution in [0.5, 0.6) is 0 Å². The van der Waals surface area contributed by atoms with E-state index in [-0.39, 0.29) is 0 Å². The molecule has 2 atom stereocenters. The van der Waals surface area contributed by atoms with Crippen molar-refractivity contribution < 1.29 is 5.11 Å². The first-order valence-electron chi connectivity index (χ1n) is 5.31. The molecule has 1 aromatic rings. The lowest BCUT2D eigenvalue weighted by atomic mass is 9.85.